The van der Waals surface area contributed by atoms with Crippen LogP contribution in [-0.4, -0.2) is 68.2 Å². The van der Waals surface area contributed by atoms with E-state index in [1.54, 1.807) is 29.2 Å². The number of carbonyl (C=O) groups excluding carboxylic acids is 2. The molecule has 7 nitrogen and oxygen atoms in total. The summed E-state index contributed by atoms with van der Waals surface area (Å²) in [6.07, 6.45) is 0. The van der Waals surface area contributed by atoms with Gasteiger partial charge in [0.2, 0.25) is 0 Å². The van der Waals surface area contributed by atoms with Gasteiger partial charge < -0.3 is 19.1 Å². The van der Waals surface area contributed by atoms with E-state index in [1.807, 2.05) is 36.9 Å². The minimum absolute atomic E-state index is 0.0824. The van der Waals surface area contributed by atoms with E-state index in [9.17, 15) is 9.59 Å². The Labute approximate surface area is 193 Å². The monoisotopic (exact) mass is 460 g/mol. The third-order valence-electron chi connectivity index (χ3n) is 5.38. The third kappa shape index (κ3) is 5.34. The lowest BCUT2D eigenvalue weighted by atomic mass is 10.0. The Morgan fingerprint density at radius 1 is 0.969 bits per heavy atom. The molecule has 2 aromatic rings. The first-order chi connectivity index (χ1) is 15.5. The van der Waals surface area contributed by atoms with Gasteiger partial charge in [0.25, 0.3) is 5.91 Å². The molecule has 0 N–H and O–H groups in total. The van der Waals surface area contributed by atoms with Crippen molar-refractivity contribution in [3.63, 3.8) is 0 Å². The fourth-order valence-corrected chi connectivity index (χ4v) is 4.07. The Kier molecular flexibility index (Phi) is 8.36. The maximum Gasteiger partial charge on any atom is 0.327 e. The first kappa shape index (κ1) is 23.9. The zero-order chi connectivity index (χ0) is 23.1. The van der Waals surface area contributed by atoms with E-state index in [1.165, 1.54) is 7.11 Å². The summed E-state index contributed by atoms with van der Waals surface area (Å²) in [5.74, 6) is 0.728. The third-order valence-corrected chi connectivity index (χ3v) is 5.73. The number of ether oxygens (including phenoxy) is 3. The van der Waals surface area contributed by atoms with Gasteiger partial charge >= 0.3 is 5.97 Å². The van der Waals surface area contributed by atoms with Gasteiger partial charge in [-0.3, -0.25) is 9.69 Å². The molecule has 0 saturated carbocycles. The normalized spacial score (nSPS) is 15.2. The molecule has 1 amide bonds. The molecule has 0 radical (unpaired) electrons. The summed E-state index contributed by atoms with van der Waals surface area (Å²) in [5.41, 5.74) is 1.25. The number of rotatable bonds is 8. The van der Waals surface area contributed by atoms with Crippen molar-refractivity contribution in [3.8, 4) is 11.5 Å². The molecule has 2 aromatic carbocycles. The van der Waals surface area contributed by atoms with E-state index in [2.05, 4.69) is 0 Å². The molecule has 1 heterocycles. The molecular weight excluding hydrogens is 432 g/mol. The summed E-state index contributed by atoms with van der Waals surface area (Å²) < 4.78 is 16.3. The fraction of sp³-hybridized carbons (Fsp3) is 0.417. The van der Waals surface area contributed by atoms with Crippen LogP contribution in [0.15, 0.2) is 42.5 Å². The van der Waals surface area contributed by atoms with Crippen LogP contribution in [-0.2, 0) is 9.53 Å². The van der Waals surface area contributed by atoms with Crippen LogP contribution in [0.2, 0.25) is 5.02 Å². The molecular formula is C24H29ClN2O5. The average Bonchev–Trinajstić information content (AvgIpc) is 2.81. The SMILES string of the molecule is CCOc1ccc(C(=O)N2CCN(C(C(=O)OC)c3ccccc3Cl)CC2)cc1OCC. The molecule has 3 rings (SSSR count). The minimum atomic E-state index is -0.610. The van der Waals surface area contributed by atoms with Crippen LogP contribution < -0.4 is 9.47 Å². The molecule has 32 heavy (non-hydrogen) atoms. The van der Waals surface area contributed by atoms with Crippen LogP contribution in [0.5, 0.6) is 11.5 Å². The van der Waals surface area contributed by atoms with Gasteiger partial charge in [-0.2, -0.15) is 0 Å². The molecule has 1 atom stereocenters. The van der Waals surface area contributed by atoms with Crippen LogP contribution in [0.25, 0.3) is 0 Å². The molecule has 0 spiro atoms. The lowest BCUT2D eigenvalue weighted by Gasteiger charge is -2.38. The molecule has 1 aliphatic rings. The first-order valence-corrected chi connectivity index (χ1v) is 11.1. The first-order valence-electron chi connectivity index (χ1n) is 10.7. The molecule has 1 unspecified atom stereocenters. The Bertz CT molecular complexity index is 944. The number of methoxy groups -OCH3 is 1. The van der Waals surface area contributed by atoms with E-state index in [4.69, 9.17) is 25.8 Å². The zero-order valence-electron chi connectivity index (χ0n) is 18.7. The predicted molar refractivity (Wildman–Crippen MR) is 122 cm³/mol. The maximum atomic E-state index is 13.1. The summed E-state index contributed by atoms with van der Waals surface area (Å²) in [7, 11) is 1.37. The highest BCUT2D eigenvalue weighted by Gasteiger charge is 2.33. The summed E-state index contributed by atoms with van der Waals surface area (Å²) >= 11 is 6.35. The molecule has 8 heteroatoms. The molecule has 0 bridgehead atoms. The summed E-state index contributed by atoms with van der Waals surface area (Å²) in [6, 6.07) is 11.9. The van der Waals surface area contributed by atoms with E-state index >= 15 is 0 Å². The fourth-order valence-electron chi connectivity index (χ4n) is 3.83. The van der Waals surface area contributed by atoms with Crippen molar-refractivity contribution in [1.29, 1.82) is 0 Å². The second-order valence-electron chi connectivity index (χ2n) is 7.30. The number of amides is 1. The Morgan fingerprint density at radius 3 is 2.25 bits per heavy atom. The number of hydrogen-bond donors (Lipinski definition) is 0. The van der Waals surface area contributed by atoms with Gasteiger partial charge in [-0.05, 0) is 43.7 Å². The molecule has 0 aliphatic carbocycles. The van der Waals surface area contributed by atoms with Gasteiger partial charge in [0, 0.05) is 36.8 Å². The average molecular weight is 461 g/mol. The smallest absolute Gasteiger partial charge is 0.327 e. The second kappa shape index (κ2) is 11.2. The van der Waals surface area contributed by atoms with Crippen molar-refractivity contribution < 1.29 is 23.8 Å². The van der Waals surface area contributed by atoms with E-state index in [0.29, 0.717) is 67.0 Å². The van der Waals surface area contributed by atoms with E-state index in [0.717, 1.165) is 0 Å². The molecule has 172 valence electrons. The van der Waals surface area contributed by atoms with Gasteiger partial charge in [0.15, 0.2) is 11.5 Å². The second-order valence-corrected chi connectivity index (χ2v) is 7.71. The Morgan fingerprint density at radius 2 is 1.62 bits per heavy atom. The summed E-state index contributed by atoms with van der Waals surface area (Å²) in [6.45, 7) is 6.79. The molecule has 1 aliphatic heterocycles. The number of nitrogens with zero attached hydrogens (tertiary/aromatic N) is 2. The van der Waals surface area contributed by atoms with Crippen LogP contribution in [0, 0.1) is 0 Å². The van der Waals surface area contributed by atoms with Gasteiger partial charge in [0.1, 0.15) is 6.04 Å². The van der Waals surface area contributed by atoms with Crippen LogP contribution in [0.3, 0.4) is 0 Å². The van der Waals surface area contributed by atoms with Gasteiger partial charge in [0.05, 0.1) is 20.3 Å². The Balaban J connectivity index is 1.73. The van der Waals surface area contributed by atoms with Crippen molar-refractivity contribution in [2.45, 2.75) is 19.9 Å². The van der Waals surface area contributed by atoms with Crippen molar-refractivity contribution in [2.24, 2.45) is 0 Å². The van der Waals surface area contributed by atoms with Gasteiger partial charge in [-0.25, -0.2) is 4.79 Å². The lowest BCUT2D eigenvalue weighted by Crippen LogP contribution is -2.51. The number of carbonyl (C=O) groups is 2. The largest absolute Gasteiger partial charge is 0.490 e. The van der Waals surface area contributed by atoms with E-state index < -0.39 is 6.04 Å². The van der Waals surface area contributed by atoms with Crippen LogP contribution in [0.4, 0.5) is 0 Å². The quantitative estimate of drug-likeness (QED) is 0.558. The molecule has 0 aromatic heterocycles. The minimum Gasteiger partial charge on any atom is -0.490 e. The zero-order valence-corrected chi connectivity index (χ0v) is 19.4. The summed E-state index contributed by atoms with van der Waals surface area (Å²) in [4.78, 5) is 29.5. The Hall–Kier alpha value is -2.77. The topological polar surface area (TPSA) is 68.3 Å². The van der Waals surface area contributed by atoms with Gasteiger partial charge in [-0.1, -0.05) is 29.8 Å². The number of halogens is 1. The van der Waals surface area contributed by atoms with Crippen LogP contribution in [0.1, 0.15) is 35.8 Å². The standard InChI is InChI=1S/C24H29ClN2O5/c1-4-31-20-11-10-17(16-21(20)32-5-2)23(28)27-14-12-26(13-15-27)22(24(29)30-3)18-8-6-7-9-19(18)25/h6-11,16,22H,4-5,12-15H2,1-3H3. The van der Waals surface area contributed by atoms with Crippen molar-refractivity contribution >= 4 is 23.5 Å². The van der Waals surface area contributed by atoms with E-state index in [-0.39, 0.29) is 11.9 Å². The number of benzene rings is 2. The van der Waals surface area contributed by atoms with Crippen molar-refractivity contribution in [3.05, 3.63) is 58.6 Å². The number of esters is 1. The highest BCUT2D eigenvalue weighted by atomic mass is 35.5. The maximum absolute atomic E-state index is 13.1. The molecule has 1 saturated heterocycles. The summed E-state index contributed by atoms with van der Waals surface area (Å²) in [5, 5.41) is 0.513. The lowest BCUT2D eigenvalue weighted by molar-refractivity contribution is -0.148. The number of piperazine rings is 1. The highest BCUT2D eigenvalue weighted by Crippen LogP contribution is 2.31. The van der Waals surface area contributed by atoms with Crippen molar-refractivity contribution in [1.82, 2.24) is 9.80 Å². The van der Waals surface area contributed by atoms with Crippen molar-refractivity contribution in [2.75, 3.05) is 46.5 Å². The predicted octanol–water partition coefficient (Wildman–Crippen LogP) is 3.81. The number of hydrogen-bond acceptors (Lipinski definition) is 6. The highest BCUT2D eigenvalue weighted by molar-refractivity contribution is 6.31. The van der Waals surface area contributed by atoms with Crippen LogP contribution >= 0.6 is 11.6 Å². The van der Waals surface area contributed by atoms with Gasteiger partial charge in [-0.15, -0.1) is 0 Å². The molecule has 1 fully saturated rings.